The van der Waals surface area contributed by atoms with E-state index in [-0.39, 0.29) is 12.1 Å². The average Bonchev–Trinajstić information content (AvgIpc) is 2.46. The SMILES string of the molecule is CCOC(=O)c1c(C)nc(SC)nc1N1CCOC(C)C1. The summed E-state index contributed by atoms with van der Waals surface area (Å²) in [5.74, 6) is 0.289. The summed E-state index contributed by atoms with van der Waals surface area (Å²) in [6, 6.07) is 0. The Balaban J connectivity index is 2.44. The van der Waals surface area contributed by atoms with Gasteiger partial charge in [0.1, 0.15) is 11.4 Å². The van der Waals surface area contributed by atoms with Crippen molar-refractivity contribution >= 4 is 23.5 Å². The van der Waals surface area contributed by atoms with E-state index >= 15 is 0 Å². The lowest BCUT2D eigenvalue weighted by Crippen LogP contribution is -2.42. The number of esters is 1. The molecule has 0 amide bonds. The number of morpholine rings is 1. The zero-order chi connectivity index (χ0) is 15.4. The summed E-state index contributed by atoms with van der Waals surface area (Å²) < 4.78 is 10.7. The quantitative estimate of drug-likeness (QED) is 0.478. The van der Waals surface area contributed by atoms with E-state index in [9.17, 15) is 4.79 Å². The highest BCUT2D eigenvalue weighted by molar-refractivity contribution is 7.98. The minimum absolute atomic E-state index is 0.113. The van der Waals surface area contributed by atoms with Crippen LogP contribution in [0.5, 0.6) is 0 Å². The molecule has 1 aromatic rings. The van der Waals surface area contributed by atoms with E-state index in [0.717, 1.165) is 0 Å². The van der Waals surface area contributed by atoms with Crippen LogP contribution >= 0.6 is 11.8 Å². The number of thioether (sulfide) groups is 1. The van der Waals surface area contributed by atoms with E-state index in [1.54, 1.807) is 6.92 Å². The molecule has 1 aromatic heterocycles. The molecule has 116 valence electrons. The molecule has 1 atom stereocenters. The van der Waals surface area contributed by atoms with Crippen molar-refractivity contribution < 1.29 is 14.3 Å². The normalized spacial score (nSPS) is 18.7. The van der Waals surface area contributed by atoms with E-state index in [0.29, 0.717) is 48.5 Å². The number of carbonyl (C=O) groups is 1. The van der Waals surface area contributed by atoms with Crippen LogP contribution in [0.25, 0.3) is 0 Å². The molecule has 0 N–H and O–H groups in total. The number of rotatable bonds is 4. The third-order valence-electron chi connectivity index (χ3n) is 3.25. The second-order valence-corrected chi connectivity index (χ2v) is 5.62. The van der Waals surface area contributed by atoms with Crippen molar-refractivity contribution in [3.63, 3.8) is 0 Å². The highest BCUT2D eigenvalue weighted by Gasteiger charge is 2.27. The van der Waals surface area contributed by atoms with E-state index < -0.39 is 0 Å². The third-order valence-corrected chi connectivity index (χ3v) is 3.80. The highest BCUT2D eigenvalue weighted by Crippen LogP contribution is 2.26. The van der Waals surface area contributed by atoms with Gasteiger partial charge in [0.2, 0.25) is 0 Å². The topological polar surface area (TPSA) is 64.5 Å². The molecule has 1 aliphatic rings. The molecular formula is C14H21N3O3S. The summed E-state index contributed by atoms with van der Waals surface area (Å²) in [6.45, 7) is 8.00. The van der Waals surface area contributed by atoms with Gasteiger partial charge < -0.3 is 14.4 Å². The number of ether oxygens (including phenoxy) is 2. The summed E-state index contributed by atoms with van der Waals surface area (Å²) >= 11 is 1.46. The van der Waals surface area contributed by atoms with Gasteiger partial charge in [-0.05, 0) is 27.0 Å². The Morgan fingerprint density at radius 1 is 1.52 bits per heavy atom. The molecule has 0 aromatic carbocycles. The molecular weight excluding hydrogens is 290 g/mol. The van der Waals surface area contributed by atoms with Crippen LogP contribution in [0.3, 0.4) is 0 Å². The second-order valence-electron chi connectivity index (χ2n) is 4.84. The molecule has 0 saturated carbocycles. The Morgan fingerprint density at radius 2 is 2.29 bits per heavy atom. The third kappa shape index (κ3) is 3.65. The second kappa shape index (κ2) is 7.09. The maximum absolute atomic E-state index is 12.2. The highest BCUT2D eigenvalue weighted by atomic mass is 32.2. The monoisotopic (exact) mass is 311 g/mol. The van der Waals surface area contributed by atoms with Crippen molar-refractivity contribution in [2.75, 3.05) is 37.5 Å². The molecule has 1 saturated heterocycles. The number of anilines is 1. The predicted molar refractivity (Wildman–Crippen MR) is 82.1 cm³/mol. The van der Waals surface area contributed by atoms with Crippen LogP contribution in [0.2, 0.25) is 0 Å². The molecule has 0 radical (unpaired) electrons. The van der Waals surface area contributed by atoms with E-state index in [1.165, 1.54) is 11.8 Å². The number of nitrogens with zero attached hydrogens (tertiary/aromatic N) is 3. The molecule has 0 spiro atoms. The van der Waals surface area contributed by atoms with Gasteiger partial charge in [0.05, 0.1) is 25.0 Å². The van der Waals surface area contributed by atoms with Crippen LogP contribution < -0.4 is 4.90 Å². The molecule has 1 aliphatic heterocycles. The van der Waals surface area contributed by atoms with Crippen LogP contribution in [0.4, 0.5) is 5.82 Å². The first-order valence-corrected chi connectivity index (χ1v) is 8.25. The number of hydrogen-bond acceptors (Lipinski definition) is 7. The van der Waals surface area contributed by atoms with Crippen molar-refractivity contribution in [3.8, 4) is 0 Å². The molecule has 0 aliphatic carbocycles. The summed E-state index contributed by atoms with van der Waals surface area (Å²) in [5, 5.41) is 0.662. The van der Waals surface area contributed by atoms with Crippen molar-refractivity contribution in [1.29, 1.82) is 0 Å². The Morgan fingerprint density at radius 3 is 2.90 bits per heavy atom. The number of hydrogen-bond donors (Lipinski definition) is 0. The zero-order valence-electron chi connectivity index (χ0n) is 12.9. The van der Waals surface area contributed by atoms with Crippen molar-refractivity contribution in [1.82, 2.24) is 9.97 Å². The average molecular weight is 311 g/mol. The van der Waals surface area contributed by atoms with E-state index in [2.05, 4.69) is 14.9 Å². The fourth-order valence-corrected chi connectivity index (χ4v) is 2.71. The van der Waals surface area contributed by atoms with Gasteiger partial charge in [0, 0.05) is 13.1 Å². The summed E-state index contributed by atoms with van der Waals surface area (Å²) in [5.41, 5.74) is 1.12. The van der Waals surface area contributed by atoms with Gasteiger partial charge in [-0.2, -0.15) is 0 Å². The maximum atomic E-state index is 12.2. The number of aryl methyl sites for hydroxylation is 1. The number of aromatic nitrogens is 2. The van der Waals surface area contributed by atoms with Gasteiger partial charge in [-0.15, -0.1) is 0 Å². The molecule has 21 heavy (non-hydrogen) atoms. The van der Waals surface area contributed by atoms with Gasteiger partial charge in [-0.1, -0.05) is 11.8 Å². The van der Waals surface area contributed by atoms with E-state index in [1.807, 2.05) is 20.1 Å². The van der Waals surface area contributed by atoms with Gasteiger partial charge >= 0.3 is 5.97 Å². The Kier molecular flexibility index (Phi) is 5.41. The maximum Gasteiger partial charge on any atom is 0.343 e. The van der Waals surface area contributed by atoms with E-state index in [4.69, 9.17) is 9.47 Å². The first-order valence-electron chi connectivity index (χ1n) is 7.03. The zero-order valence-corrected chi connectivity index (χ0v) is 13.7. The molecule has 6 nitrogen and oxygen atoms in total. The number of carbonyl (C=O) groups excluding carboxylic acids is 1. The largest absolute Gasteiger partial charge is 0.462 e. The Bertz CT molecular complexity index is 524. The van der Waals surface area contributed by atoms with Crippen molar-refractivity contribution in [3.05, 3.63) is 11.3 Å². The first-order chi connectivity index (χ1) is 10.1. The summed E-state index contributed by atoms with van der Waals surface area (Å²) in [4.78, 5) is 23.2. The van der Waals surface area contributed by atoms with Crippen LogP contribution in [-0.4, -0.2) is 54.6 Å². The summed E-state index contributed by atoms with van der Waals surface area (Å²) in [7, 11) is 0. The molecule has 2 heterocycles. The predicted octanol–water partition coefficient (Wildman–Crippen LogP) is 1.91. The van der Waals surface area contributed by atoms with Crippen LogP contribution in [-0.2, 0) is 9.47 Å². The van der Waals surface area contributed by atoms with Crippen LogP contribution in [0.15, 0.2) is 5.16 Å². The van der Waals surface area contributed by atoms with Crippen molar-refractivity contribution in [2.24, 2.45) is 0 Å². The standard InChI is InChI=1S/C14H21N3O3S/c1-5-19-13(18)11-10(3)15-14(21-4)16-12(11)17-6-7-20-9(2)8-17/h9H,5-8H2,1-4H3. The molecule has 7 heteroatoms. The van der Waals surface area contributed by atoms with Crippen LogP contribution in [0.1, 0.15) is 29.9 Å². The lowest BCUT2D eigenvalue weighted by Gasteiger charge is -2.33. The Labute approximate surface area is 129 Å². The van der Waals surface area contributed by atoms with Gasteiger partial charge in [-0.3, -0.25) is 0 Å². The minimum atomic E-state index is -0.364. The van der Waals surface area contributed by atoms with Gasteiger partial charge in [0.15, 0.2) is 5.16 Å². The molecule has 2 rings (SSSR count). The van der Waals surface area contributed by atoms with Crippen molar-refractivity contribution in [2.45, 2.75) is 32.0 Å². The lowest BCUT2D eigenvalue weighted by atomic mass is 10.2. The minimum Gasteiger partial charge on any atom is -0.462 e. The fraction of sp³-hybridized carbons (Fsp3) is 0.643. The van der Waals surface area contributed by atoms with Gasteiger partial charge in [0.25, 0.3) is 0 Å². The fourth-order valence-electron chi connectivity index (χ4n) is 2.31. The molecule has 1 unspecified atom stereocenters. The molecule has 0 bridgehead atoms. The first kappa shape index (κ1) is 16.0. The smallest absolute Gasteiger partial charge is 0.343 e. The molecule has 1 fully saturated rings. The van der Waals surface area contributed by atoms with Gasteiger partial charge in [-0.25, -0.2) is 14.8 Å². The summed E-state index contributed by atoms with van der Waals surface area (Å²) in [6.07, 6.45) is 2.03. The van der Waals surface area contributed by atoms with Crippen LogP contribution in [0, 0.1) is 6.92 Å². The lowest BCUT2D eigenvalue weighted by molar-refractivity contribution is 0.0496. The Hall–Kier alpha value is -1.34.